The lowest BCUT2D eigenvalue weighted by Gasteiger charge is -2.11. The normalized spacial score (nSPS) is 19.9. The summed E-state index contributed by atoms with van der Waals surface area (Å²) in [5, 5.41) is 0. The maximum atomic E-state index is 2.27. The Bertz CT molecular complexity index is 137. The Kier molecular flexibility index (Phi) is 4.10. The first-order chi connectivity index (χ1) is 4.93. The van der Waals surface area contributed by atoms with Gasteiger partial charge < -0.3 is 0 Å². The highest BCUT2D eigenvalue weighted by Crippen LogP contribution is 2.22. The van der Waals surface area contributed by atoms with Crippen molar-refractivity contribution in [3.8, 4) is 0 Å². The standard InChI is InChI=1S/C9H13I/c10-8-4-7-9-5-2-1-3-6-9/h4,7-8H,1-3,5-6H2/b8-4-. The van der Waals surface area contributed by atoms with Gasteiger partial charge in [0.2, 0.25) is 0 Å². The Morgan fingerprint density at radius 3 is 2.40 bits per heavy atom. The van der Waals surface area contributed by atoms with Gasteiger partial charge in [-0.05, 0) is 29.8 Å². The predicted octanol–water partition coefficient (Wildman–Crippen LogP) is 3.83. The summed E-state index contributed by atoms with van der Waals surface area (Å²) in [4.78, 5) is 0. The Balaban J connectivity index is 2.37. The van der Waals surface area contributed by atoms with Gasteiger partial charge in [-0.3, -0.25) is 0 Å². The highest BCUT2D eigenvalue weighted by molar-refractivity contribution is 14.1. The molecule has 1 heteroatoms. The van der Waals surface area contributed by atoms with Crippen LogP contribution in [0.15, 0.2) is 21.8 Å². The second-order valence-corrected chi connectivity index (χ2v) is 3.42. The Labute approximate surface area is 76.5 Å². The Morgan fingerprint density at radius 2 is 1.80 bits per heavy atom. The summed E-state index contributed by atoms with van der Waals surface area (Å²) < 4.78 is 2.07. The molecule has 0 aromatic heterocycles. The molecule has 0 nitrogen and oxygen atoms in total. The Hall–Kier alpha value is 0.210. The number of halogens is 1. The van der Waals surface area contributed by atoms with E-state index in [1.807, 2.05) is 0 Å². The molecule has 1 fully saturated rings. The lowest BCUT2D eigenvalue weighted by molar-refractivity contribution is 0.599. The van der Waals surface area contributed by atoms with Crippen molar-refractivity contribution in [2.45, 2.75) is 32.1 Å². The molecule has 0 aromatic carbocycles. The van der Waals surface area contributed by atoms with Crippen LogP contribution in [-0.2, 0) is 0 Å². The quantitative estimate of drug-likeness (QED) is 0.618. The highest BCUT2D eigenvalue weighted by atomic mass is 127. The van der Waals surface area contributed by atoms with Crippen LogP contribution in [0.5, 0.6) is 0 Å². The van der Waals surface area contributed by atoms with Crippen molar-refractivity contribution >= 4 is 22.6 Å². The van der Waals surface area contributed by atoms with Crippen molar-refractivity contribution in [1.82, 2.24) is 0 Å². The first-order valence-corrected chi connectivity index (χ1v) is 5.13. The highest BCUT2D eigenvalue weighted by Gasteiger charge is 2.02. The van der Waals surface area contributed by atoms with E-state index in [0.29, 0.717) is 0 Å². The van der Waals surface area contributed by atoms with Crippen molar-refractivity contribution in [3.63, 3.8) is 0 Å². The fraction of sp³-hybridized carbons (Fsp3) is 0.556. The molecule has 0 atom stereocenters. The van der Waals surface area contributed by atoms with Gasteiger partial charge in [0, 0.05) is 0 Å². The first-order valence-electron chi connectivity index (χ1n) is 3.88. The van der Waals surface area contributed by atoms with Crippen LogP contribution < -0.4 is 0 Å². The number of hydrogen-bond acceptors (Lipinski definition) is 0. The fourth-order valence-electron chi connectivity index (χ4n) is 1.35. The molecule has 0 bridgehead atoms. The van der Waals surface area contributed by atoms with Crippen LogP contribution in [0.3, 0.4) is 0 Å². The third-order valence-corrected chi connectivity index (χ3v) is 2.32. The molecule has 10 heavy (non-hydrogen) atoms. The summed E-state index contributed by atoms with van der Waals surface area (Å²) in [7, 11) is 0. The first kappa shape index (κ1) is 8.31. The van der Waals surface area contributed by atoms with Crippen molar-refractivity contribution in [2.75, 3.05) is 0 Å². The molecule has 1 aliphatic carbocycles. The summed E-state index contributed by atoms with van der Waals surface area (Å²) in [5.74, 6) is 0. The van der Waals surface area contributed by atoms with E-state index in [2.05, 4.69) is 38.8 Å². The maximum absolute atomic E-state index is 2.27. The minimum Gasteiger partial charge on any atom is -0.0702 e. The van der Waals surface area contributed by atoms with Gasteiger partial charge in [-0.1, -0.05) is 46.7 Å². The second-order valence-electron chi connectivity index (χ2n) is 2.70. The van der Waals surface area contributed by atoms with E-state index in [9.17, 15) is 0 Å². The number of hydrogen-bond donors (Lipinski definition) is 0. The average molecular weight is 248 g/mol. The summed E-state index contributed by atoms with van der Waals surface area (Å²) >= 11 is 2.26. The van der Waals surface area contributed by atoms with E-state index in [0.717, 1.165) is 0 Å². The van der Waals surface area contributed by atoms with Crippen LogP contribution in [0.25, 0.3) is 0 Å². The third kappa shape index (κ3) is 2.86. The molecule has 0 aromatic rings. The molecule has 0 radical (unpaired) electrons. The summed E-state index contributed by atoms with van der Waals surface area (Å²) in [5.41, 5.74) is 1.64. The summed E-state index contributed by atoms with van der Waals surface area (Å²) in [6.45, 7) is 0. The largest absolute Gasteiger partial charge is 0.0702 e. The lowest BCUT2D eigenvalue weighted by Crippen LogP contribution is -1.92. The van der Waals surface area contributed by atoms with E-state index >= 15 is 0 Å². The third-order valence-electron chi connectivity index (χ3n) is 1.90. The van der Waals surface area contributed by atoms with Crippen LogP contribution in [0.4, 0.5) is 0 Å². The molecule has 0 spiro atoms. The minimum absolute atomic E-state index is 1.33. The van der Waals surface area contributed by atoms with Crippen molar-refractivity contribution in [1.29, 1.82) is 0 Å². The van der Waals surface area contributed by atoms with Crippen LogP contribution >= 0.6 is 22.6 Å². The van der Waals surface area contributed by atoms with Gasteiger partial charge in [0.25, 0.3) is 0 Å². The molecule has 1 aliphatic rings. The molecule has 1 rings (SSSR count). The number of allylic oxidation sites excluding steroid dienone is 3. The van der Waals surface area contributed by atoms with E-state index in [1.165, 1.54) is 32.1 Å². The molecular weight excluding hydrogens is 235 g/mol. The molecule has 0 saturated heterocycles. The van der Waals surface area contributed by atoms with Gasteiger partial charge in [0.15, 0.2) is 0 Å². The van der Waals surface area contributed by atoms with Gasteiger partial charge in [0.05, 0.1) is 0 Å². The van der Waals surface area contributed by atoms with Crippen molar-refractivity contribution in [3.05, 3.63) is 21.8 Å². The van der Waals surface area contributed by atoms with Gasteiger partial charge in [-0.2, -0.15) is 0 Å². The zero-order valence-corrected chi connectivity index (χ0v) is 8.30. The predicted molar refractivity (Wildman–Crippen MR) is 54.3 cm³/mol. The monoisotopic (exact) mass is 248 g/mol. The molecule has 0 unspecified atom stereocenters. The van der Waals surface area contributed by atoms with Gasteiger partial charge >= 0.3 is 0 Å². The Morgan fingerprint density at radius 1 is 1.10 bits per heavy atom. The molecule has 1 saturated carbocycles. The van der Waals surface area contributed by atoms with E-state index < -0.39 is 0 Å². The molecule has 0 N–H and O–H groups in total. The zero-order chi connectivity index (χ0) is 7.23. The van der Waals surface area contributed by atoms with Crippen LogP contribution in [0.2, 0.25) is 0 Å². The topological polar surface area (TPSA) is 0 Å². The van der Waals surface area contributed by atoms with E-state index in [1.54, 1.807) is 5.57 Å². The van der Waals surface area contributed by atoms with Gasteiger partial charge in [-0.15, -0.1) is 0 Å². The summed E-state index contributed by atoms with van der Waals surface area (Å²) in [6.07, 6.45) is 11.3. The van der Waals surface area contributed by atoms with Gasteiger partial charge in [-0.25, -0.2) is 0 Å². The van der Waals surface area contributed by atoms with E-state index in [-0.39, 0.29) is 0 Å². The maximum Gasteiger partial charge on any atom is -0.0234 e. The lowest BCUT2D eigenvalue weighted by atomic mass is 9.95. The minimum atomic E-state index is 1.33. The van der Waals surface area contributed by atoms with E-state index in [4.69, 9.17) is 0 Å². The summed E-state index contributed by atoms with van der Waals surface area (Å²) in [6, 6.07) is 0. The molecule has 0 heterocycles. The number of rotatable bonds is 1. The fourth-order valence-corrected chi connectivity index (χ4v) is 1.55. The molecule has 56 valence electrons. The average Bonchev–Trinajstić information content (AvgIpc) is 2.03. The van der Waals surface area contributed by atoms with Crippen molar-refractivity contribution in [2.24, 2.45) is 0 Å². The second kappa shape index (κ2) is 4.94. The van der Waals surface area contributed by atoms with Crippen LogP contribution in [-0.4, -0.2) is 0 Å². The van der Waals surface area contributed by atoms with Crippen LogP contribution in [0, 0.1) is 0 Å². The smallest absolute Gasteiger partial charge is 0.0234 e. The SMILES string of the molecule is I/C=C\C=C1CCCCC1. The molecule has 0 amide bonds. The molecular formula is C9H13I. The zero-order valence-electron chi connectivity index (χ0n) is 6.15. The molecule has 0 aliphatic heterocycles. The van der Waals surface area contributed by atoms with Gasteiger partial charge in [0.1, 0.15) is 0 Å². The van der Waals surface area contributed by atoms with Crippen molar-refractivity contribution < 1.29 is 0 Å². The van der Waals surface area contributed by atoms with Crippen LogP contribution in [0.1, 0.15) is 32.1 Å².